The Kier molecular flexibility index (Phi) is 7.09. The third-order valence-corrected chi connectivity index (χ3v) is 10.2. The van der Waals surface area contributed by atoms with Gasteiger partial charge in [-0.3, -0.25) is 10.2 Å². The van der Waals surface area contributed by atoms with Crippen LogP contribution >= 0.6 is 0 Å². The third-order valence-electron chi connectivity index (χ3n) is 10.2. The van der Waals surface area contributed by atoms with E-state index in [-0.39, 0.29) is 17.4 Å². The number of hydrogen-bond acceptors (Lipinski definition) is 7. The second-order valence-corrected chi connectivity index (χ2v) is 12.7. The second-order valence-electron chi connectivity index (χ2n) is 12.7. The molecule has 1 saturated heterocycles. The molecule has 2 saturated carbocycles. The smallest absolute Gasteiger partial charge is 0.248 e. The van der Waals surface area contributed by atoms with E-state index in [2.05, 4.69) is 39.8 Å². The van der Waals surface area contributed by atoms with Gasteiger partial charge in [0.25, 0.3) is 0 Å². The van der Waals surface area contributed by atoms with Crippen LogP contribution in [0.15, 0.2) is 65.6 Å². The summed E-state index contributed by atoms with van der Waals surface area (Å²) in [5.41, 5.74) is 16.9. The van der Waals surface area contributed by atoms with E-state index in [0.29, 0.717) is 49.0 Å². The largest absolute Gasteiger partial charge is 0.399 e. The standard InChI is InChI=1S/C33H39N9O/c1-19(42-26(16-34)14-25-15-29(25)42)17-39-32(10-3-11-32)18-33(31(37)40-41-38)27-8-6-21(20(2)35)12-22(27)4-5-23-13-24(30(36)43)7-9-28(23)33/h6-9,12-13,25-26,29,39H,1-5,10-11,14-15,17-18,35H2,(H2,36,43)(H3,37,38,40)/t25-,26?,29?,33?/m1/s1. The molecule has 3 unspecified atom stereocenters. The zero-order chi connectivity index (χ0) is 30.5. The van der Waals surface area contributed by atoms with Crippen molar-refractivity contribution in [3.05, 3.63) is 88.6 Å². The third kappa shape index (κ3) is 4.78. The minimum Gasteiger partial charge on any atom is -0.399 e. The number of benzene rings is 2. The number of nitrogens with zero attached hydrogens (tertiary/aromatic N) is 4. The van der Waals surface area contributed by atoms with Crippen molar-refractivity contribution in [3.63, 3.8) is 0 Å². The summed E-state index contributed by atoms with van der Waals surface area (Å²) in [5, 5.41) is 30.8. The van der Waals surface area contributed by atoms with E-state index < -0.39 is 11.3 Å². The van der Waals surface area contributed by atoms with Crippen LogP contribution in [0.1, 0.15) is 76.7 Å². The van der Waals surface area contributed by atoms with Crippen LogP contribution in [0.4, 0.5) is 0 Å². The van der Waals surface area contributed by atoms with Crippen LogP contribution in [-0.2, 0) is 18.3 Å². The van der Waals surface area contributed by atoms with E-state index in [9.17, 15) is 15.5 Å². The fourth-order valence-electron chi connectivity index (χ4n) is 7.81. The Bertz CT molecular complexity index is 1530. The number of carbonyl (C=O) groups is 1. The zero-order valence-electron chi connectivity index (χ0n) is 24.4. The van der Waals surface area contributed by atoms with Crippen LogP contribution in [0.3, 0.4) is 0 Å². The molecule has 43 heavy (non-hydrogen) atoms. The average molecular weight is 578 g/mol. The lowest BCUT2D eigenvalue weighted by molar-refractivity contribution is 0.1000. The minimum atomic E-state index is -1.02. The Morgan fingerprint density at radius 3 is 2.30 bits per heavy atom. The van der Waals surface area contributed by atoms with Crippen molar-refractivity contribution >= 4 is 17.4 Å². The first kappa shape index (κ1) is 28.6. The minimum absolute atomic E-state index is 0.0300. The molecular formula is C33H39N9O. The van der Waals surface area contributed by atoms with Gasteiger partial charge < -0.3 is 27.5 Å². The highest BCUT2D eigenvalue weighted by Gasteiger charge is 2.54. The number of nitrogens with two attached hydrogens (primary N) is 3. The van der Waals surface area contributed by atoms with Gasteiger partial charge in [0.15, 0.2) is 5.84 Å². The molecule has 222 valence electrons. The average Bonchev–Trinajstić information content (AvgIpc) is 3.66. The van der Waals surface area contributed by atoms with Gasteiger partial charge in [0.2, 0.25) is 5.91 Å². The number of carbonyl (C=O) groups excluding carboxylic acids is 1. The Morgan fingerprint density at radius 1 is 1.09 bits per heavy atom. The van der Waals surface area contributed by atoms with Crippen molar-refractivity contribution in [2.45, 2.75) is 74.4 Å². The normalized spacial score (nSPS) is 26.3. The quantitative estimate of drug-likeness (QED) is 0.0992. The molecular weight excluding hydrogens is 538 g/mol. The van der Waals surface area contributed by atoms with Crippen LogP contribution in [0, 0.1) is 22.7 Å². The van der Waals surface area contributed by atoms with Crippen LogP contribution < -0.4 is 22.6 Å². The van der Waals surface area contributed by atoms with Crippen LogP contribution in [-0.4, -0.2) is 40.8 Å². The molecule has 2 aromatic carbocycles. The molecule has 2 aromatic rings. The SMILES string of the molecule is C=C(N)c1ccc2c(c1)CCc1cc(C(N)=O)ccc1C2(CC1(NCC(=C)N2C(C#N)C[C@@H]3CC32)CCC1)C(=N)N=NN. The molecule has 3 fully saturated rings. The molecule has 1 aliphatic heterocycles. The van der Waals surface area contributed by atoms with E-state index >= 15 is 0 Å². The summed E-state index contributed by atoms with van der Waals surface area (Å²) in [6.45, 7) is 8.88. The summed E-state index contributed by atoms with van der Waals surface area (Å²) in [5.74, 6) is 5.72. The Balaban J connectivity index is 1.44. The number of rotatable bonds is 9. The first-order valence-corrected chi connectivity index (χ1v) is 14.9. The number of amides is 1. The van der Waals surface area contributed by atoms with Gasteiger partial charge in [-0.05, 0) is 103 Å². The van der Waals surface area contributed by atoms with Crippen molar-refractivity contribution in [1.82, 2.24) is 10.2 Å². The van der Waals surface area contributed by atoms with Gasteiger partial charge in [-0.2, -0.15) is 5.26 Å². The lowest BCUT2D eigenvalue weighted by Crippen LogP contribution is -2.58. The molecule has 8 N–H and O–H groups in total. The van der Waals surface area contributed by atoms with E-state index in [4.69, 9.17) is 17.3 Å². The van der Waals surface area contributed by atoms with Gasteiger partial charge >= 0.3 is 0 Å². The lowest BCUT2D eigenvalue weighted by Gasteiger charge is -2.50. The summed E-state index contributed by atoms with van der Waals surface area (Å²) < 4.78 is 0. The maximum absolute atomic E-state index is 12.2. The number of amidine groups is 1. The van der Waals surface area contributed by atoms with Gasteiger partial charge in [0.1, 0.15) is 6.04 Å². The number of piperidine rings is 1. The van der Waals surface area contributed by atoms with Crippen LogP contribution in [0.5, 0.6) is 0 Å². The van der Waals surface area contributed by atoms with E-state index in [1.807, 2.05) is 30.3 Å². The van der Waals surface area contributed by atoms with Gasteiger partial charge in [0, 0.05) is 35.1 Å². The maximum Gasteiger partial charge on any atom is 0.248 e. The highest BCUT2D eigenvalue weighted by molar-refractivity contribution is 5.97. The van der Waals surface area contributed by atoms with Crippen molar-refractivity contribution in [3.8, 4) is 6.07 Å². The van der Waals surface area contributed by atoms with Gasteiger partial charge in [-0.25, -0.2) is 0 Å². The Labute approximate surface area is 252 Å². The van der Waals surface area contributed by atoms with E-state index in [0.717, 1.165) is 65.6 Å². The maximum atomic E-state index is 12.2. The van der Waals surface area contributed by atoms with Crippen molar-refractivity contribution < 1.29 is 4.79 Å². The summed E-state index contributed by atoms with van der Waals surface area (Å²) in [7, 11) is 0. The number of likely N-dealkylation sites (tertiary alicyclic amines) is 1. The fourth-order valence-corrected chi connectivity index (χ4v) is 7.81. The summed E-state index contributed by atoms with van der Waals surface area (Å²) in [6, 6.07) is 14.3. The number of nitriles is 1. The Hall–Kier alpha value is -4.49. The van der Waals surface area contributed by atoms with Crippen LogP contribution in [0.2, 0.25) is 0 Å². The molecule has 1 amide bonds. The summed E-state index contributed by atoms with van der Waals surface area (Å²) in [4.78, 5) is 14.4. The van der Waals surface area contributed by atoms with Gasteiger partial charge in [0.05, 0.1) is 11.5 Å². The number of aryl methyl sites for hydroxylation is 2. The zero-order valence-corrected chi connectivity index (χ0v) is 24.4. The number of fused-ring (bicyclic) bond motifs is 3. The number of nitrogens with one attached hydrogen (secondary N) is 2. The molecule has 0 spiro atoms. The predicted octanol–water partition coefficient (Wildman–Crippen LogP) is 3.81. The molecule has 10 nitrogen and oxygen atoms in total. The molecule has 3 aliphatic carbocycles. The van der Waals surface area contributed by atoms with Crippen molar-refractivity contribution in [1.29, 1.82) is 10.7 Å². The van der Waals surface area contributed by atoms with E-state index in [1.54, 1.807) is 6.07 Å². The van der Waals surface area contributed by atoms with Gasteiger partial charge in [-0.1, -0.05) is 36.6 Å². The highest BCUT2D eigenvalue weighted by Crippen LogP contribution is 2.52. The molecule has 0 radical (unpaired) electrons. The molecule has 6 rings (SSSR count). The fraction of sp³-hybridized carbons (Fsp3) is 0.424. The van der Waals surface area contributed by atoms with Crippen molar-refractivity contribution in [2.75, 3.05) is 6.54 Å². The summed E-state index contributed by atoms with van der Waals surface area (Å²) >= 11 is 0. The first-order valence-electron chi connectivity index (χ1n) is 14.9. The lowest BCUT2D eigenvalue weighted by atomic mass is 9.59. The predicted molar refractivity (Wildman–Crippen MR) is 166 cm³/mol. The molecule has 0 aromatic heterocycles. The van der Waals surface area contributed by atoms with Crippen LogP contribution in [0.25, 0.3) is 5.70 Å². The molecule has 4 atom stereocenters. The number of hydrogen-bond donors (Lipinski definition) is 5. The molecule has 4 aliphatic rings. The second kappa shape index (κ2) is 10.7. The highest BCUT2D eigenvalue weighted by atomic mass is 16.1. The van der Waals surface area contributed by atoms with E-state index in [1.165, 1.54) is 0 Å². The monoisotopic (exact) mass is 577 g/mol. The van der Waals surface area contributed by atoms with Crippen molar-refractivity contribution in [2.24, 2.45) is 33.6 Å². The first-order chi connectivity index (χ1) is 20.6. The van der Waals surface area contributed by atoms with Gasteiger partial charge in [-0.15, -0.1) is 5.11 Å². The number of primary amides is 1. The molecule has 10 heteroatoms. The Morgan fingerprint density at radius 2 is 1.74 bits per heavy atom. The molecule has 0 bridgehead atoms. The summed E-state index contributed by atoms with van der Waals surface area (Å²) in [6.07, 6.45) is 6.74. The topological polar surface area (TPSA) is 183 Å². The molecule has 1 heterocycles.